The molecule has 0 amide bonds. The first-order valence-corrected chi connectivity index (χ1v) is 24.0. The zero-order valence-corrected chi connectivity index (χ0v) is 37.0. The number of benzene rings is 2. The van der Waals surface area contributed by atoms with Crippen LogP contribution in [0.25, 0.3) is 40.9 Å². The lowest BCUT2D eigenvalue weighted by atomic mass is 10.0. The largest absolute Gasteiger partial charge is 0.486 e. The van der Waals surface area contributed by atoms with Crippen LogP contribution in [0, 0.1) is 6.57 Å². The molecule has 0 fully saturated rings. The number of hydrogen-bond donors (Lipinski definition) is 1. The first-order valence-electron chi connectivity index (χ1n) is 21.6. The molecule has 6 rings (SSSR count). The molecule has 4 nitrogen and oxygen atoms in total. The highest BCUT2D eigenvalue weighted by Gasteiger charge is 2.23. The normalized spacial score (nSPS) is 12.7. The number of thiophene rings is 3. The molecule has 3 aromatic heterocycles. The van der Waals surface area contributed by atoms with E-state index in [0.717, 1.165) is 62.8 Å². The Balaban J connectivity index is 1.41. The lowest BCUT2D eigenvalue weighted by Crippen LogP contribution is -2.17. The minimum Gasteiger partial charge on any atom is -0.486 e. The quantitative estimate of drug-likeness (QED) is 0.0456. The Morgan fingerprint density at radius 2 is 1.21 bits per heavy atom. The smallest absolute Gasteiger partial charge is 0.333 e. The van der Waals surface area contributed by atoms with Gasteiger partial charge in [0.25, 0.3) is 5.70 Å². The monoisotopic (exact) mass is 816 g/mol. The van der Waals surface area contributed by atoms with Crippen molar-refractivity contribution in [3.8, 4) is 29.9 Å². The van der Waals surface area contributed by atoms with Gasteiger partial charge < -0.3 is 10.0 Å². The number of carboxylic acids is 1. The number of aliphatic carboxylic acids is 1. The lowest BCUT2D eigenvalue weighted by Gasteiger charge is -2.25. The third-order valence-electron chi connectivity index (χ3n) is 11.3. The Morgan fingerprint density at radius 3 is 1.82 bits per heavy atom. The van der Waals surface area contributed by atoms with Crippen LogP contribution in [0.4, 0.5) is 11.4 Å². The molecule has 2 aromatic carbocycles. The van der Waals surface area contributed by atoms with E-state index in [1.54, 1.807) is 17.4 Å². The summed E-state index contributed by atoms with van der Waals surface area (Å²) in [6.07, 6.45) is 21.1. The van der Waals surface area contributed by atoms with E-state index in [0.29, 0.717) is 0 Å². The number of carboxylic acid groups (broad SMARTS) is 1. The van der Waals surface area contributed by atoms with Crippen molar-refractivity contribution in [2.24, 2.45) is 0 Å². The third-order valence-corrected chi connectivity index (χ3v) is 15.2. The molecule has 57 heavy (non-hydrogen) atoms. The van der Waals surface area contributed by atoms with Crippen molar-refractivity contribution in [3.05, 3.63) is 110 Å². The van der Waals surface area contributed by atoms with Gasteiger partial charge >= 0.3 is 5.97 Å². The fraction of sp³-hybridized carbons (Fsp3) is 0.440. The minimum absolute atomic E-state index is 0.214. The van der Waals surface area contributed by atoms with Gasteiger partial charge in [-0.15, -0.1) is 34.0 Å². The molecule has 1 aliphatic heterocycles. The van der Waals surface area contributed by atoms with Crippen molar-refractivity contribution >= 4 is 57.4 Å². The Hall–Kier alpha value is -3.96. The van der Waals surface area contributed by atoms with Crippen LogP contribution in [-0.4, -0.2) is 17.6 Å². The highest BCUT2D eigenvalue weighted by atomic mass is 32.1. The molecule has 0 bridgehead atoms. The van der Waals surface area contributed by atoms with Gasteiger partial charge in [-0.1, -0.05) is 103 Å². The van der Waals surface area contributed by atoms with E-state index >= 15 is 0 Å². The highest BCUT2D eigenvalue weighted by molar-refractivity contribution is 7.27. The van der Waals surface area contributed by atoms with Crippen molar-refractivity contribution in [3.63, 3.8) is 0 Å². The average molecular weight is 817 g/mol. The van der Waals surface area contributed by atoms with Crippen LogP contribution >= 0.6 is 34.0 Å². The van der Waals surface area contributed by atoms with Crippen molar-refractivity contribution in [1.82, 2.24) is 0 Å². The van der Waals surface area contributed by atoms with Crippen LogP contribution in [0.15, 0.2) is 66.4 Å². The maximum Gasteiger partial charge on any atom is 0.333 e. The maximum atomic E-state index is 11.9. The molecular weight excluding hydrogens is 757 g/mol. The summed E-state index contributed by atoms with van der Waals surface area (Å²) < 4.78 is 0. The number of rotatable bonds is 21. The summed E-state index contributed by atoms with van der Waals surface area (Å²) in [6.45, 7) is 17.5. The molecule has 1 aliphatic rings. The molecule has 1 N–H and O–H groups in total. The lowest BCUT2D eigenvalue weighted by molar-refractivity contribution is -0.132. The molecule has 0 atom stereocenters. The molecule has 0 spiro atoms. The van der Waals surface area contributed by atoms with Crippen LogP contribution in [0.5, 0.6) is 0 Å². The number of anilines is 2. The second-order valence-corrected chi connectivity index (χ2v) is 18.7. The van der Waals surface area contributed by atoms with Crippen LogP contribution < -0.4 is 4.90 Å². The second-order valence-electron chi connectivity index (χ2n) is 15.5. The SMILES string of the molecule is [C-]#[N+]/C(=C\c1sc(-c2sc(-c3sc(-c4ccc5c(c4)CCc4ccccc4N5CC)cc3CCCCCC)cc2CCCCCC)cc1CCCCCC)C(=O)O. The predicted octanol–water partition coefficient (Wildman–Crippen LogP) is 15.8. The number of fused-ring (bicyclic) bond motifs is 2. The van der Waals surface area contributed by atoms with Gasteiger partial charge in [-0.05, 0) is 134 Å². The Morgan fingerprint density at radius 1 is 0.667 bits per heavy atom. The number of aryl methyl sites for hydroxylation is 5. The number of carbonyl (C=O) groups is 1. The number of hydrogen-bond acceptors (Lipinski definition) is 5. The van der Waals surface area contributed by atoms with Gasteiger partial charge in [0.15, 0.2) is 0 Å². The third kappa shape index (κ3) is 10.6. The van der Waals surface area contributed by atoms with Gasteiger partial charge in [-0.25, -0.2) is 4.85 Å². The second kappa shape index (κ2) is 21.2. The first-order chi connectivity index (χ1) is 27.9. The summed E-state index contributed by atoms with van der Waals surface area (Å²) in [7, 11) is 0. The highest BCUT2D eigenvalue weighted by Crippen LogP contribution is 2.48. The van der Waals surface area contributed by atoms with E-state index in [1.165, 1.54) is 127 Å². The van der Waals surface area contributed by atoms with Crippen molar-refractivity contribution in [2.75, 3.05) is 11.4 Å². The zero-order valence-electron chi connectivity index (χ0n) is 34.6. The molecule has 0 radical (unpaired) electrons. The van der Waals surface area contributed by atoms with Crippen LogP contribution in [0.2, 0.25) is 0 Å². The minimum atomic E-state index is -1.16. The van der Waals surface area contributed by atoms with E-state index in [-0.39, 0.29) is 5.70 Å². The van der Waals surface area contributed by atoms with Crippen molar-refractivity contribution in [2.45, 2.75) is 137 Å². The number of nitrogens with zero attached hydrogens (tertiary/aromatic N) is 2. The van der Waals surface area contributed by atoms with Gasteiger partial charge in [0.2, 0.25) is 0 Å². The maximum absolute atomic E-state index is 11.9. The summed E-state index contributed by atoms with van der Waals surface area (Å²) >= 11 is 5.55. The Kier molecular flexibility index (Phi) is 15.8. The molecule has 5 aromatic rings. The van der Waals surface area contributed by atoms with Crippen molar-refractivity contribution in [1.29, 1.82) is 0 Å². The van der Waals surface area contributed by atoms with E-state index in [9.17, 15) is 9.90 Å². The summed E-state index contributed by atoms with van der Waals surface area (Å²) in [5.74, 6) is -1.16. The molecule has 4 heterocycles. The van der Waals surface area contributed by atoms with Gasteiger partial charge in [0.05, 0.1) is 6.57 Å². The topological polar surface area (TPSA) is 44.9 Å². The van der Waals surface area contributed by atoms with Gasteiger partial charge in [0, 0.05) is 47.2 Å². The molecule has 300 valence electrons. The molecule has 0 saturated carbocycles. The fourth-order valence-corrected chi connectivity index (χ4v) is 12.0. The van der Waals surface area contributed by atoms with Crippen molar-refractivity contribution < 1.29 is 9.90 Å². The van der Waals surface area contributed by atoms with Crippen LogP contribution in [0.1, 0.15) is 137 Å². The Labute approximate surface area is 354 Å². The van der Waals surface area contributed by atoms with E-state index in [4.69, 9.17) is 6.57 Å². The zero-order chi connectivity index (χ0) is 40.1. The number of para-hydroxylation sites is 1. The number of unbranched alkanes of at least 4 members (excludes halogenated alkanes) is 9. The van der Waals surface area contributed by atoms with Crippen LogP contribution in [-0.2, 0) is 36.9 Å². The van der Waals surface area contributed by atoms with E-state index < -0.39 is 5.97 Å². The molecule has 0 unspecified atom stereocenters. The summed E-state index contributed by atoms with van der Waals surface area (Å²) in [5.41, 5.74) is 10.7. The molecule has 0 saturated heterocycles. The first kappa shape index (κ1) is 42.6. The summed E-state index contributed by atoms with van der Waals surface area (Å²) in [5, 5.41) is 9.77. The molecular formula is C50H60N2O2S3. The van der Waals surface area contributed by atoms with Gasteiger partial charge in [-0.2, -0.15) is 0 Å². The summed E-state index contributed by atoms with van der Waals surface area (Å²) in [4.78, 5) is 25.3. The van der Waals surface area contributed by atoms with Crippen LogP contribution in [0.3, 0.4) is 0 Å². The summed E-state index contributed by atoms with van der Waals surface area (Å²) in [6, 6.07) is 23.4. The van der Waals surface area contributed by atoms with E-state index in [2.05, 4.69) is 98.1 Å². The predicted molar refractivity (Wildman–Crippen MR) is 249 cm³/mol. The fourth-order valence-electron chi connectivity index (χ4n) is 8.19. The molecule has 7 heteroatoms. The average Bonchev–Trinajstić information content (AvgIpc) is 3.93. The Bertz CT molecular complexity index is 2180. The standard InChI is InChI=1S/C50H60N2O2S3/c1-6-10-13-16-22-37-31-46(55-45(37)34-41(51-5)50(53)54)48-40(24-18-15-12-8-3)33-47(57-48)49-39(23-17-14-11-7-2)32-44(56-49)38-28-29-43-36(30-38)27-26-35-21-19-20-25-42(35)52(43)9-4/h19-21,25,28-34H,6-18,22-24,26-27H2,1-4H3,(H,53,54)/b41-34-. The van der Waals surface area contributed by atoms with Gasteiger partial charge in [0.1, 0.15) is 0 Å². The molecule has 0 aliphatic carbocycles. The van der Waals surface area contributed by atoms with Gasteiger partial charge in [-0.3, -0.25) is 4.79 Å². The van der Waals surface area contributed by atoms with E-state index in [1.807, 2.05) is 22.7 Å².